The summed E-state index contributed by atoms with van der Waals surface area (Å²) >= 11 is 3.21. The van der Waals surface area contributed by atoms with E-state index < -0.39 is 6.10 Å². The molecule has 0 saturated carbocycles. The monoisotopic (exact) mass is 457 g/mol. The molecule has 1 atom stereocenters. The van der Waals surface area contributed by atoms with Crippen LogP contribution in [0.3, 0.4) is 0 Å². The van der Waals surface area contributed by atoms with E-state index in [2.05, 4.69) is 30.9 Å². The zero-order valence-electron chi connectivity index (χ0n) is 18.0. The van der Waals surface area contributed by atoms with E-state index in [4.69, 9.17) is 14.5 Å². The van der Waals surface area contributed by atoms with Gasteiger partial charge in [0.2, 0.25) is 6.10 Å². The summed E-state index contributed by atoms with van der Waals surface area (Å²) in [4.78, 5) is 23.6. The maximum Gasteiger partial charge on any atom is 0.273 e. The third-order valence-electron chi connectivity index (χ3n) is 5.41. The number of rotatable bonds is 8. The quantitative estimate of drug-likeness (QED) is 0.463. The number of nitrogens with zero attached hydrogens (tertiary/aromatic N) is 3. The van der Waals surface area contributed by atoms with Crippen molar-refractivity contribution in [3.8, 4) is 11.5 Å². The number of benzene rings is 2. The Morgan fingerprint density at radius 1 is 1.13 bits per heavy atom. The lowest BCUT2D eigenvalue weighted by molar-refractivity contribution is -0.127. The van der Waals surface area contributed by atoms with Crippen LogP contribution in [0.5, 0.6) is 11.5 Å². The number of likely N-dealkylation sites (N-methyl/N-ethyl adjacent to an activating group) is 1. The van der Waals surface area contributed by atoms with Crippen molar-refractivity contribution >= 4 is 44.4 Å². The summed E-state index contributed by atoms with van der Waals surface area (Å²) in [6.45, 7) is 7.65. The number of carbonyl (C=O) groups is 1. The van der Waals surface area contributed by atoms with Crippen molar-refractivity contribution in [2.75, 3.05) is 43.9 Å². The van der Waals surface area contributed by atoms with Gasteiger partial charge in [-0.05, 0) is 43.6 Å². The molecule has 2 heterocycles. The summed E-state index contributed by atoms with van der Waals surface area (Å²) in [5, 5.41) is 0.705. The number of hydrogen-bond donors (Lipinski definition) is 0. The molecule has 0 radical (unpaired) electrons. The molecule has 0 aliphatic carbocycles. The van der Waals surface area contributed by atoms with Gasteiger partial charge in [0, 0.05) is 18.0 Å². The largest absolute Gasteiger partial charge is 0.485 e. The summed E-state index contributed by atoms with van der Waals surface area (Å²) in [6.07, 6.45) is 1.35. The molecule has 1 aromatic heterocycles. The highest BCUT2D eigenvalue weighted by atomic mass is 32.2. The number of aromatic nitrogens is 1. The third-order valence-corrected chi connectivity index (χ3v) is 7.22. The maximum atomic E-state index is 13.6. The fourth-order valence-corrected chi connectivity index (χ4v) is 5.24. The van der Waals surface area contributed by atoms with Gasteiger partial charge >= 0.3 is 0 Å². The lowest BCUT2D eigenvalue weighted by Crippen LogP contribution is -2.48. The number of para-hydroxylation sites is 3. The molecule has 1 amide bonds. The normalized spacial score (nSPS) is 15.4. The minimum atomic E-state index is -0.696. The van der Waals surface area contributed by atoms with Gasteiger partial charge in [0.15, 0.2) is 16.6 Å². The minimum Gasteiger partial charge on any atom is -0.485 e. The van der Waals surface area contributed by atoms with Crippen LogP contribution in [0.25, 0.3) is 10.2 Å². The van der Waals surface area contributed by atoms with Gasteiger partial charge in [-0.1, -0.05) is 43.4 Å². The molecule has 0 saturated heterocycles. The SMILES string of the molecule is CCN(CC)CCN(C(=O)C1COc2ccccc2O1)c1nc2c(SC)cccc2s1. The van der Waals surface area contributed by atoms with Gasteiger partial charge in [-0.25, -0.2) is 4.98 Å². The average Bonchev–Trinajstić information content (AvgIpc) is 3.25. The summed E-state index contributed by atoms with van der Waals surface area (Å²) in [5.74, 6) is 1.15. The molecule has 164 valence electrons. The number of ether oxygens (including phenoxy) is 2. The second kappa shape index (κ2) is 9.89. The molecule has 1 aliphatic rings. The smallest absolute Gasteiger partial charge is 0.273 e. The van der Waals surface area contributed by atoms with Crippen molar-refractivity contribution in [2.45, 2.75) is 24.8 Å². The molecule has 2 aromatic carbocycles. The molecule has 6 nitrogen and oxygen atoms in total. The van der Waals surface area contributed by atoms with Crippen LogP contribution in [0.2, 0.25) is 0 Å². The van der Waals surface area contributed by atoms with Gasteiger partial charge < -0.3 is 14.4 Å². The maximum absolute atomic E-state index is 13.6. The van der Waals surface area contributed by atoms with Gasteiger partial charge in [0.1, 0.15) is 6.61 Å². The summed E-state index contributed by atoms with van der Waals surface area (Å²) in [7, 11) is 0. The lowest BCUT2D eigenvalue weighted by Gasteiger charge is -2.30. The molecule has 1 aliphatic heterocycles. The molecule has 0 spiro atoms. The predicted molar refractivity (Wildman–Crippen MR) is 128 cm³/mol. The Bertz CT molecular complexity index is 1050. The van der Waals surface area contributed by atoms with Crippen molar-refractivity contribution in [2.24, 2.45) is 0 Å². The van der Waals surface area contributed by atoms with Gasteiger partial charge in [0.25, 0.3) is 5.91 Å². The second-order valence-electron chi connectivity index (χ2n) is 7.18. The molecule has 8 heteroatoms. The van der Waals surface area contributed by atoms with E-state index in [1.807, 2.05) is 36.6 Å². The van der Waals surface area contributed by atoms with E-state index in [1.54, 1.807) is 28.0 Å². The second-order valence-corrected chi connectivity index (χ2v) is 9.04. The molecular weight excluding hydrogens is 430 g/mol. The first-order chi connectivity index (χ1) is 15.1. The number of fused-ring (bicyclic) bond motifs is 2. The molecule has 3 aromatic rings. The number of anilines is 1. The number of hydrogen-bond acceptors (Lipinski definition) is 7. The predicted octanol–water partition coefficient (Wildman–Crippen LogP) is 4.53. The molecule has 0 N–H and O–H groups in total. The number of thioether (sulfide) groups is 1. The lowest BCUT2D eigenvalue weighted by atomic mass is 10.2. The van der Waals surface area contributed by atoms with Crippen LogP contribution in [0, 0.1) is 0 Å². The Morgan fingerprint density at radius 3 is 2.65 bits per heavy atom. The summed E-state index contributed by atoms with van der Waals surface area (Å²) < 4.78 is 12.9. The molecule has 0 bridgehead atoms. The number of carbonyl (C=O) groups excluding carboxylic acids is 1. The molecular formula is C23H27N3O3S2. The Labute approximate surface area is 191 Å². The highest BCUT2D eigenvalue weighted by molar-refractivity contribution is 7.98. The highest BCUT2D eigenvalue weighted by Crippen LogP contribution is 2.36. The van der Waals surface area contributed by atoms with Crippen molar-refractivity contribution in [1.29, 1.82) is 0 Å². The Kier molecular flexibility index (Phi) is 6.99. The summed E-state index contributed by atoms with van der Waals surface area (Å²) in [5.41, 5.74) is 0.946. The molecule has 31 heavy (non-hydrogen) atoms. The standard InChI is InChI=1S/C23H27N3O3S2/c1-4-25(5-2)13-14-26(23-24-21-19(30-3)11-8-12-20(21)31-23)22(27)18-15-28-16-9-6-7-10-17(16)29-18/h6-12,18H,4-5,13-15H2,1-3H3. The molecule has 0 fully saturated rings. The van der Waals surface area contributed by atoms with Crippen LogP contribution in [0.15, 0.2) is 47.4 Å². The van der Waals surface area contributed by atoms with Crippen LogP contribution in [-0.4, -0.2) is 60.9 Å². The average molecular weight is 458 g/mol. The van der Waals surface area contributed by atoms with Crippen LogP contribution in [-0.2, 0) is 4.79 Å². The van der Waals surface area contributed by atoms with Gasteiger partial charge in [-0.3, -0.25) is 9.69 Å². The van der Waals surface area contributed by atoms with Gasteiger partial charge in [-0.15, -0.1) is 11.8 Å². The molecule has 4 rings (SSSR count). The van der Waals surface area contributed by atoms with Crippen LogP contribution in [0.4, 0.5) is 5.13 Å². The summed E-state index contributed by atoms with van der Waals surface area (Å²) in [6, 6.07) is 13.6. The topological polar surface area (TPSA) is 54.9 Å². The Morgan fingerprint density at radius 2 is 1.90 bits per heavy atom. The van der Waals surface area contributed by atoms with Gasteiger partial charge in [-0.2, -0.15) is 0 Å². The van der Waals surface area contributed by atoms with Crippen molar-refractivity contribution < 1.29 is 14.3 Å². The van der Waals surface area contributed by atoms with E-state index in [1.165, 1.54) is 0 Å². The minimum absolute atomic E-state index is 0.119. The van der Waals surface area contributed by atoms with Crippen molar-refractivity contribution in [1.82, 2.24) is 9.88 Å². The van der Waals surface area contributed by atoms with E-state index in [9.17, 15) is 4.79 Å². The fourth-order valence-electron chi connectivity index (χ4n) is 3.59. The van der Waals surface area contributed by atoms with Crippen molar-refractivity contribution in [3.05, 3.63) is 42.5 Å². The van der Waals surface area contributed by atoms with E-state index in [0.717, 1.165) is 34.7 Å². The zero-order valence-corrected chi connectivity index (χ0v) is 19.7. The van der Waals surface area contributed by atoms with E-state index in [-0.39, 0.29) is 12.5 Å². The van der Waals surface area contributed by atoms with Gasteiger partial charge in [0.05, 0.1) is 10.2 Å². The first kappa shape index (κ1) is 21.9. The van der Waals surface area contributed by atoms with Crippen molar-refractivity contribution in [3.63, 3.8) is 0 Å². The Hall–Kier alpha value is -2.29. The number of thiazole rings is 1. The van der Waals surface area contributed by atoms with Crippen LogP contribution < -0.4 is 14.4 Å². The van der Waals surface area contributed by atoms with E-state index in [0.29, 0.717) is 23.2 Å². The first-order valence-electron chi connectivity index (χ1n) is 10.5. The zero-order chi connectivity index (χ0) is 21.8. The Balaban J connectivity index is 1.63. The van der Waals surface area contributed by atoms with Crippen LogP contribution >= 0.6 is 23.1 Å². The highest BCUT2D eigenvalue weighted by Gasteiger charge is 2.33. The van der Waals surface area contributed by atoms with Crippen LogP contribution in [0.1, 0.15) is 13.8 Å². The fraction of sp³-hybridized carbons (Fsp3) is 0.391. The third kappa shape index (κ3) is 4.66. The van der Waals surface area contributed by atoms with E-state index >= 15 is 0 Å². The first-order valence-corrected chi connectivity index (χ1v) is 12.5. The number of amides is 1. The molecule has 1 unspecified atom stereocenters.